The largest absolute Gasteiger partial charge is 0.356 e. The van der Waals surface area contributed by atoms with E-state index < -0.39 is 29.7 Å². The number of fused-ring (bicyclic) bond motifs is 1. The summed E-state index contributed by atoms with van der Waals surface area (Å²) in [7, 11) is 0. The normalized spacial score (nSPS) is 18.4. The molecule has 1 atom stereocenters. The number of nitrogens with one attached hydrogen (secondary N) is 2. The van der Waals surface area contributed by atoms with Crippen LogP contribution in [0.2, 0.25) is 0 Å². The van der Waals surface area contributed by atoms with Crippen molar-refractivity contribution in [3.63, 3.8) is 0 Å². The predicted octanol–water partition coefficient (Wildman–Crippen LogP) is 1.22. The van der Waals surface area contributed by atoms with Gasteiger partial charge < -0.3 is 15.1 Å². The number of carbonyl (C=O) groups excluding carboxylic acids is 7. The number of hydrogen-bond donors (Lipinski definition) is 2. The maximum Gasteiger partial charge on any atom is 0.262 e. The number of piperidine rings is 1. The second kappa shape index (κ2) is 13.8. The van der Waals surface area contributed by atoms with Gasteiger partial charge >= 0.3 is 0 Å². The quantitative estimate of drug-likeness (QED) is 0.196. The summed E-state index contributed by atoms with van der Waals surface area (Å²) >= 11 is 0. The van der Waals surface area contributed by atoms with E-state index in [4.69, 9.17) is 0 Å². The molecule has 1 aromatic rings. The fourth-order valence-corrected chi connectivity index (χ4v) is 5.36. The van der Waals surface area contributed by atoms with Crippen molar-refractivity contribution in [2.45, 2.75) is 71.8 Å². The Morgan fingerprint density at radius 3 is 2.25 bits per heavy atom. The van der Waals surface area contributed by atoms with Gasteiger partial charge in [0.2, 0.25) is 29.5 Å². The van der Waals surface area contributed by atoms with Crippen LogP contribution in [0.15, 0.2) is 18.2 Å². The lowest BCUT2D eigenvalue weighted by Crippen LogP contribution is -2.54. The van der Waals surface area contributed by atoms with Crippen LogP contribution < -0.4 is 10.6 Å². The van der Waals surface area contributed by atoms with E-state index in [0.717, 1.165) is 4.90 Å². The topological polar surface area (TPSA) is 153 Å². The van der Waals surface area contributed by atoms with Crippen molar-refractivity contribution >= 4 is 41.4 Å². The number of benzene rings is 1. The molecule has 3 aliphatic heterocycles. The highest BCUT2D eigenvalue weighted by Gasteiger charge is 2.44. The highest BCUT2D eigenvalue weighted by Crippen LogP contribution is 2.28. The second-order valence-electron chi connectivity index (χ2n) is 12.5. The maximum atomic E-state index is 12.9. The zero-order valence-corrected chi connectivity index (χ0v) is 25.5. The molecule has 0 spiro atoms. The molecular weight excluding hydrogens is 566 g/mol. The van der Waals surface area contributed by atoms with Gasteiger partial charge in [-0.15, -0.1) is 0 Å². The van der Waals surface area contributed by atoms with Gasteiger partial charge in [0, 0.05) is 57.5 Å². The smallest absolute Gasteiger partial charge is 0.262 e. The summed E-state index contributed by atoms with van der Waals surface area (Å²) in [6, 6.07) is 3.69. The summed E-state index contributed by atoms with van der Waals surface area (Å²) < 4.78 is 0. The average Bonchev–Trinajstić information content (AvgIpc) is 3.20. The molecule has 0 radical (unpaired) electrons. The molecule has 44 heavy (non-hydrogen) atoms. The Hall–Kier alpha value is -4.53. The fourth-order valence-electron chi connectivity index (χ4n) is 5.36. The number of amides is 7. The SMILES string of the molecule is CC(C)(C)CC(=O)N1CCN(C(=O)CC(=O)NCCCCC#Cc2ccc3c(c2)C(=O)N(C2CCC(=O)NC2=O)C3=O)CC1. The van der Waals surface area contributed by atoms with E-state index in [9.17, 15) is 33.6 Å². The summed E-state index contributed by atoms with van der Waals surface area (Å²) in [6.07, 6.45) is 2.30. The van der Waals surface area contributed by atoms with Gasteiger partial charge in [-0.2, -0.15) is 0 Å². The molecule has 2 saturated heterocycles. The molecule has 4 rings (SSSR count). The number of nitrogens with zero attached hydrogens (tertiary/aromatic N) is 3. The molecule has 0 aliphatic carbocycles. The minimum atomic E-state index is -1.01. The minimum absolute atomic E-state index is 0.0577. The average molecular weight is 606 g/mol. The standard InChI is InChI=1S/C32H39N5O7/c1-32(2,3)20-28(41)36-16-14-35(15-17-36)27(40)19-26(39)33-13-7-5-4-6-8-21-9-10-22-23(18-21)31(44)37(30(22)43)24-11-12-25(38)34-29(24)42/h9-10,18,24H,4-5,7,11-17,19-20H2,1-3H3,(H,33,39)(H,34,38,42). The predicted molar refractivity (Wildman–Crippen MR) is 159 cm³/mol. The van der Waals surface area contributed by atoms with Gasteiger partial charge in [0.05, 0.1) is 11.1 Å². The van der Waals surface area contributed by atoms with Crippen molar-refractivity contribution in [2.24, 2.45) is 5.41 Å². The first-order valence-electron chi connectivity index (χ1n) is 15.0. The van der Waals surface area contributed by atoms with Crippen LogP contribution in [0.5, 0.6) is 0 Å². The number of rotatable bonds is 8. The van der Waals surface area contributed by atoms with Crippen molar-refractivity contribution in [3.05, 3.63) is 34.9 Å². The van der Waals surface area contributed by atoms with E-state index in [-0.39, 0.29) is 53.5 Å². The van der Waals surface area contributed by atoms with Gasteiger partial charge in [0.15, 0.2) is 0 Å². The Morgan fingerprint density at radius 2 is 1.59 bits per heavy atom. The van der Waals surface area contributed by atoms with E-state index in [0.29, 0.717) is 64.0 Å². The summed E-state index contributed by atoms with van der Waals surface area (Å²) in [5, 5.41) is 4.94. The van der Waals surface area contributed by atoms with Gasteiger partial charge in [0.25, 0.3) is 11.8 Å². The molecule has 7 amide bonds. The number of unbranched alkanes of at least 4 members (excludes halogenated alkanes) is 2. The van der Waals surface area contributed by atoms with Crippen LogP contribution in [0.1, 0.15) is 92.0 Å². The van der Waals surface area contributed by atoms with E-state index in [1.54, 1.807) is 15.9 Å². The van der Waals surface area contributed by atoms with Crippen molar-refractivity contribution in [1.29, 1.82) is 0 Å². The third-order valence-electron chi connectivity index (χ3n) is 7.70. The first-order valence-corrected chi connectivity index (χ1v) is 15.0. The molecule has 12 nitrogen and oxygen atoms in total. The maximum absolute atomic E-state index is 12.9. The zero-order chi connectivity index (χ0) is 32.0. The van der Waals surface area contributed by atoms with E-state index >= 15 is 0 Å². The monoisotopic (exact) mass is 605 g/mol. The molecule has 0 saturated carbocycles. The van der Waals surface area contributed by atoms with Gasteiger partial charge in [-0.3, -0.25) is 43.8 Å². The Labute approximate surface area is 256 Å². The fraction of sp³-hybridized carbons (Fsp3) is 0.531. The Balaban J connectivity index is 1.14. The number of carbonyl (C=O) groups is 7. The first-order chi connectivity index (χ1) is 20.8. The van der Waals surface area contributed by atoms with Crippen molar-refractivity contribution in [1.82, 2.24) is 25.3 Å². The number of imide groups is 2. The Morgan fingerprint density at radius 1 is 0.932 bits per heavy atom. The van der Waals surface area contributed by atoms with Crippen LogP contribution in [-0.2, 0) is 24.0 Å². The highest BCUT2D eigenvalue weighted by atomic mass is 16.2. The summed E-state index contributed by atoms with van der Waals surface area (Å²) in [5.74, 6) is 3.30. The van der Waals surface area contributed by atoms with Gasteiger partial charge in [-0.05, 0) is 42.9 Å². The molecule has 3 heterocycles. The van der Waals surface area contributed by atoms with Crippen molar-refractivity contribution in [3.8, 4) is 11.8 Å². The third kappa shape index (κ3) is 8.09. The molecule has 0 bridgehead atoms. The lowest BCUT2D eigenvalue weighted by molar-refractivity contribution is -0.142. The van der Waals surface area contributed by atoms with Crippen molar-refractivity contribution < 1.29 is 33.6 Å². The third-order valence-corrected chi connectivity index (χ3v) is 7.70. The van der Waals surface area contributed by atoms with Crippen LogP contribution in [-0.4, -0.2) is 94.8 Å². The lowest BCUT2D eigenvalue weighted by atomic mass is 9.91. The highest BCUT2D eigenvalue weighted by molar-refractivity contribution is 6.23. The van der Waals surface area contributed by atoms with E-state index in [1.807, 2.05) is 20.8 Å². The first kappa shape index (κ1) is 32.4. The van der Waals surface area contributed by atoms with Crippen molar-refractivity contribution in [2.75, 3.05) is 32.7 Å². The van der Waals surface area contributed by atoms with Gasteiger partial charge in [-0.1, -0.05) is 32.6 Å². The molecule has 1 unspecified atom stereocenters. The molecule has 1 aromatic carbocycles. The van der Waals surface area contributed by atoms with Crippen LogP contribution in [0.3, 0.4) is 0 Å². The van der Waals surface area contributed by atoms with E-state index in [1.165, 1.54) is 12.1 Å². The molecular formula is C32H39N5O7. The molecule has 234 valence electrons. The molecule has 0 aromatic heterocycles. The Bertz CT molecular complexity index is 1430. The molecule has 2 N–H and O–H groups in total. The van der Waals surface area contributed by atoms with E-state index in [2.05, 4.69) is 22.5 Å². The number of piperazine rings is 1. The molecule has 2 fully saturated rings. The molecule has 3 aliphatic rings. The van der Waals surface area contributed by atoms with Crippen LogP contribution in [0.4, 0.5) is 0 Å². The lowest BCUT2D eigenvalue weighted by Gasteiger charge is -2.36. The Kier molecular flexibility index (Phi) is 10.2. The second-order valence-corrected chi connectivity index (χ2v) is 12.5. The summed E-state index contributed by atoms with van der Waals surface area (Å²) in [6.45, 7) is 8.26. The summed E-state index contributed by atoms with van der Waals surface area (Å²) in [5.41, 5.74) is 0.848. The minimum Gasteiger partial charge on any atom is -0.356 e. The van der Waals surface area contributed by atoms with Crippen LogP contribution >= 0.6 is 0 Å². The zero-order valence-electron chi connectivity index (χ0n) is 25.5. The molecule has 12 heteroatoms. The van der Waals surface area contributed by atoms with Crippen LogP contribution in [0, 0.1) is 17.3 Å². The van der Waals surface area contributed by atoms with Gasteiger partial charge in [0.1, 0.15) is 12.5 Å². The number of hydrogen-bond acceptors (Lipinski definition) is 7. The van der Waals surface area contributed by atoms with Crippen LogP contribution in [0.25, 0.3) is 0 Å². The van der Waals surface area contributed by atoms with Gasteiger partial charge in [-0.25, -0.2) is 0 Å². The summed E-state index contributed by atoms with van der Waals surface area (Å²) in [4.78, 5) is 90.9.